The summed E-state index contributed by atoms with van der Waals surface area (Å²) in [7, 11) is 0. The van der Waals surface area contributed by atoms with E-state index in [4.69, 9.17) is 23.2 Å². The summed E-state index contributed by atoms with van der Waals surface area (Å²) in [6.45, 7) is 0.596. The molecule has 18 heavy (non-hydrogen) atoms. The lowest BCUT2D eigenvalue weighted by Crippen LogP contribution is -2.25. The number of nitrogens with zero attached hydrogens (tertiary/aromatic N) is 3. The lowest BCUT2D eigenvalue weighted by atomic mass is 10.1. The van der Waals surface area contributed by atoms with Gasteiger partial charge in [-0.1, -0.05) is 11.6 Å². The predicted octanol–water partition coefficient (Wildman–Crippen LogP) is 2.94. The second kappa shape index (κ2) is 4.64. The quantitative estimate of drug-likeness (QED) is 0.801. The second-order valence-corrected chi connectivity index (χ2v) is 5.50. The molecule has 0 saturated carbocycles. The molecule has 1 unspecified atom stereocenters. The third-order valence-corrected chi connectivity index (χ3v) is 4.33. The van der Waals surface area contributed by atoms with Gasteiger partial charge in [-0.15, -0.1) is 11.6 Å². The fourth-order valence-electron chi connectivity index (χ4n) is 2.17. The van der Waals surface area contributed by atoms with Crippen molar-refractivity contribution in [2.45, 2.75) is 6.42 Å². The maximum Gasteiger partial charge on any atom is 0.227 e. The molecule has 1 aliphatic rings. The van der Waals surface area contributed by atoms with Gasteiger partial charge in [0.2, 0.25) is 5.91 Å². The monoisotopic (exact) mass is 301 g/mol. The maximum atomic E-state index is 12.0. The van der Waals surface area contributed by atoms with Crippen molar-refractivity contribution in [2.24, 2.45) is 5.92 Å². The number of fused-ring (bicyclic) bond motifs is 1. The summed E-state index contributed by atoms with van der Waals surface area (Å²) in [5.74, 6) is 0.700. The van der Waals surface area contributed by atoms with Gasteiger partial charge in [0, 0.05) is 18.8 Å². The van der Waals surface area contributed by atoms with Crippen molar-refractivity contribution in [1.82, 2.24) is 8.75 Å². The van der Waals surface area contributed by atoms with E-state index in [2.05, 4.69) is 8.75 Å². The van der Waals surface area contributed by atoms with Gasteiger partial charge in [-0.2, -0.15) is 8.75 Å². The van der Waals surface area contributed by atoms with Crippen molar-refractivity contribution < 1.29 is 4.79 Å². The van der Waals surface area contributed by atoms with Gasteiger partial charge >= 0.3 is 0 Å². The van der Waals surface area contributed by atoms with Crippen LogP contribution in [0.2, 0.25) is 5.02 Å². The van der Waals surface area contributed by atoms with Crippen molar-refractivity contribution in [1.29, 1.82) is 0 Å². The lowest BCUT2D eigenvalue weighted by Gasteiger charge is -2.18. The minimum atomic E-state index is 0.0445. The molecule has 0 spiro atoms. The minimum Gasteiger partial charge on any atom is -0.309 e. The van der Waals surface area contributed by atoms with Crippen LogP contribution in [0.25, 0.3) is 11.0 Å². The van der Waals surface area contributed by atoms with Gasteiger partial charge in [-0.3, -0.25) is 4.79 Å². The maximum absolute atomic E-state index is 12.0. The summed E-state index contributed by atoms with van der Waals surface area (Å²) in [6.07, 6.45) is 0.466. The highest BCUT2D eigenvalue weighted by Crippen LogP contribution is 2.36. The zero-order valence-corrected chi connectivity index (χ0v) is 11.6. The number of benzene rings is 1. The molecule has 4 nitrogen and oxygen atoms in total. The number of hydrogen-bond acceptors (Lipinski definition) is 4. The number of alkyl halides is 1. The Labute approximate surface area is 118 Å². The van der Waals surface area contributed by atoms with Gasteiger partial charge in [0.25, 0.3) is 0 Å². The van der Waals surface area contributed by atoms with Crippen LogP contribution < -0.4 is 4.90 Å². The molecule has 2 heterocycles. The number of amides is 1. The molecule has 1 aromatic carbocycles. The Morgan fingerprint density at radius 3 is 3.00 bits per heavy atom. The Morgan fingerprint density at radius 2 is 2.28 bits per heavy atom. The van der Waals surface area contributed by atoms with Gasteiger partial charge in [0.05, 0.1) is 22.4 Å². The molecular weight excluding hydrogens is 293 g/mol. The van der Waals surface area contributed by atoms with Crippen molar-refractivity contribution >= 4 is 57.6 Å². The third kappa shape index (κ3) is 1.86. The topological polar surface area (TPSA) is 46.1 Å². The van der Waals surface area contributed by atoms with Crippen molar-refractivity contribution in [2.75, 3.05) is 17.3 Å². The van der Waals surface area contributed by atoms with E-state index in [0.717, 1.165) is 17.2 Å². The van der Waals surface area contributed by atoms with Gasteiger partial charge in [0.15, 0.2) is 0 Å². The largest absolute Gasteiger partial charge is 0.309 e. The number of anilines is 1. The van der Waals surface area contributed by atoms with Crippen LogP contribution >= 0.6 is 34.9 Å². The first kappa shape index (κ1) is 12.1. The van der Waals surface area contributed by atoms with Crippen LogP contribution in [-0.2, 0) is 4.79 Å². The van der Waals surface area contributed by atoms with Crippen LogP contribution in [0.3, 0.4) is 0 Å². The highest BCUT2D eigenvalue weighted by molar-refractivity contribution is 7.00. The first-order chi connectivity index (χ1) is 8.70. The molecule has 7 heteroatoms. The van der Waals surface area contributed by atoms with E-state index in [1.165, 1.54) is 0 Å². The molecule has 0 bridgehead atoms. The summed E-state index contributed by atoms with van der Waals surface area (Å²) in [5.41, 5.74) is 2.12. The zero-order chi connectivity index (χ0) is 12.7. The summed E-state index contributed by atoms with van der Waals surface area (Å²) in [6, 6.07) is 3.56. The number of rotatable bonds is 2. The fraction of sp³-hybridized carbons (Fsp3) is 0.364. The number of carbonyl (C=O) groups is 1. The SMILES string of the molecule is O=C1CC(CCl)CN1c1c(Cl)ccc2nsnc12. The summed E-state index contributed by atoms with van der Waals surface area (Å²) in [5, 5.41) is 0.527. The van der Waals surface area contributed by atoms with Crippen LogP contribution in [0.1, 0.15) is 6.42 Å². The van der Waals surface area contributed by atoms with E-state index in [-0.39, 0.29) is 11.8 Å². The molecule has 1 aromatic heterocycles. The summed E-state index contributed by atoms with van der Waals surface area (Å²) in [4.78, 5) is 13.7. The minimum absolute atomic E-state index is 0.0445. The third-order valence-electron chi connectivity index (χ3n) is 3.05. The van der Waals surface area contributed by atoms with Crippen molar-refractivity contribution in [3.05, 3.63) is 17.2 Å². The Hall–Kier alpha value is -0.910. The molecule has 2 aromatic rings. The second-order valence-electron chi connectivity index (χ2n) is 4.26. The van der Waals surface area contributed by atoms with Crippen LogP contribution in [-0.4, -0.2) is 27.1 Å². The Bertz CT molecular complexity index is 615. The Kier molecular flexibility index (Phi) is 3.13. The van der Waals surface area contributed by atoms with Gasteiger partial charge in [-0.05, 0) is 18.1 Å². The highest BCUT2D eigenvalue weighted by Gasteiger charge is 2.32. The van der Waals surface area contributed by atoms with Crippen molar-refractivity contribution in [3.8, 4) is 0 Å². The van der Waals surface area contributed by atoms with Crippen molar-refractivity contribution in [3.63, 3.8) is 0 Å². The molecule has 0 N–H and O–H groups in total. The van der Waals surface area contributed by atoms with E-state index >= 15 is 0 Å². The molecule has 1 atom stereocenters. The zero-order valence-electron chi connectivity index (χ0n) is 9.27. The van der Waals surface area contributed by atoms with E-state index in [1.54, 1.807) is 11.0 Å². The Balaban J connectivity index is 2.11. The van der Waals surface area contributed by atoms with Crippen LogP contribution in [0, 0.1) is 5.92 Å². The smallest absolute Gasteiger partial charge is 0.227 e. The highest BCUT2D eigenvalue weighted by atomic mass is 35.5. The predicted molar refractivity (Wildman–Crippen MR) is 73.6 cm³/mol. The average Bonchev–Trinajstić information content (AvgIpc) is 2.96. The number of aromatic nitrogens is 2. The molecule has 1 amide bonds. The van der Waals surface area contributed by atoms with Crippen LogP contribution in [0.5, 0.6) is 0 Å². The molecular formula is C11H9Cl2N3OS. The molecule has 0 radical (unpaired) electrons. The van der Waals surface area contributed by atoms with Crippen LogP contribution in [0.4, 0.5) is 5.69 Å². The molecule has 3 rings (SSSR count). The molecule has 1 aliphatic heterocycles. The van der Waals surface area contributed by atoms with Gasteiger partial charge < -0.3 is 4.90 Å². The van der Waals surface area contributed by atoms with Gasteiger partial charge in [0.1, 0.15) is 11.0 Å². The number of halogens is 2. The summed E-state index contributed by atoms with van der Waals surface area (Å²) < 4.78 is 8.39. The normalized spacial score (nSPS) is 20.0. The lowest BCUT2D eigenvalue weighted by molar-refractivity contribution is -0.117. The average molecular weight is 302 g/mol. The first-order valence-electron chi connectivity index (χ1n) is 5.48. The summed E-state index contributed by atoms with van der Waals surface area (Å²) >= 11 is 13.2. The first-order valence-corrected chi connectivity index (χ1v) is 7.12. The van der Waals surface area contributed by atoms with E-state index in [1.807, 2.05) is 6.07 Å². The van der Waals surface area contributed by atoms with E-state index < -0.39 is 0 Å². The number of carbonyl (C=O) groups excluding carboxylic acids is 1. The Morgan fingerprint density at radius 1 is 1.44 bits per heavy atom. The molecule has 0 aliphatic carbocycles. The standard InChI is InChI=1S/C11H9Cl2N3OS/c12-4-6-3-9(17)16(5-6)11-7(13)1-2-8-10(11)15-18-14-8/h1-2,6H,3-5H2. The fourth-order valence-corrected chi connectivity index (χ4v) is 3.17. The van der Waals surface area contributed by atoms with Crippen LogP contribution in [0.15, 0.2) is 12.1 Å². The molecule has 1 fully saturated rings. The molecule has 94 valence electrons. The van der Waals surface area contributed by atoms with Gasteiger partial charge in [-0.25, -0.2) is 0 Å². The van der Waals surface area contributed by atoms with E-state index in [9.17, 15) is 4.79 Å². The number of hydrogen-bond donors (Lipinski definition) is 0. The van der Waals surface area contributed by atoms with E-state index in [0.29, 0.717) is 35.1 Å². The molecule has 1 saturated heterocycles.